The molecule has 1 aromatic carbocycles. The number of hydrogen-bond donors (Lipinski definition) is 1. The minimum Gasteiger partial charge on any atom is -0.444 e. The van der Waals surface area contributed by atoms with Gasteiger partial charge in [0.1, 0.15) is 5.60 Å². The number of aromatic nitrogens is 2. The first-order chi connectivity index (χ1) is 9.83. The molecule has 112 valence electrons. The van der Waals surface area contributed by atoms with Crippen molar-refractivity contribution >= 4 is 28.0 Å². The first-order valence-electron chi connectivity index (χ1n) is 6.59. The molecule has 0 aliphatic rings. The number of nitrogens with zero attached hydrogens (tertiary/aromatic N) is 2. The largest absolute Gasteiger partial charge is 0.444 e. The molecule has 1 aromatic heterocycles. The molecule has 2 rings (SSSR count). The van der Waals surface area contributed by atoms with Gasteiger partial charge in [0.15, 0.2) is 0 Å². The normalized spacial score (nSPS) is 11.2. The van der Waals surface area contributed by atoms with Gasteiger partial charge in [-0.15, -0.1) is 0 Å². The van der Waals surface area contributed by atoms with E-state index in [1.165, 1.54) is 0 Å². The molecule has 0 radical (unpaired) electrons. The zero-order chi connectivity index (χ0) is 15.5. The molecular weight excluding hydrogens is 334 g/mol. The average molecular weight is 352 g/mol. The first kappa shape index (κ1) is 15.6. The lowest BCUT2D eigenvalue weighted by molar-refractivity contribution is 0.0634. The molecule has 1 amide bonds. The molecule has 1 heterocycles. The Kier molecular flexibility index (Phi) is 4.67. The van der Waals surface area contributed by atoms with Crippen molar-refractivity contribution in [2.75, 3.05) is 5.32 Å². The third kappa shape index (κ3) is 4.90. The summed E-state index contributed by atoms with van der Waals surface area (Å²) >= 11 is 3.41. The molecule has 0 bridgehead atoms. The molecule has 0 aliphatic heterocycles. The van der Waals surface area contributed by atoms with Gasteiger partial charge in [-0.05, 0) is 38.5 Å². The van der Waals surface area contributed by atoms with E-state index in [2.05, 4.69) is 26.2 Å². The number of halogens is 1. The third-order valence-corrected chi connectivity index (χ3v) is 3.12. The third-order valence-electron chi connectivity index (χ3n) is 2.59. The van der Waals surface area contributed by atoms with E-state index in [4.69, 9.17) is 4.74 Å². The second-order valence-electron chi connectivity index (χ2n) is 5.63. The monoisotopic (exact) mass is 351 g/mol. The number of carbonyl (C=O) groups is 1. The van der Waals surface area contributed by atoms with Crippen LogP contribution in [0.3, 0.4) is 0 Å². The number of carbonyl (C=O) groups excluding carboxylic acids is 1. The summed E-state index contributed by atoms with van der Waals surface area (Å²) in [5.41, 5.74) is 0.580. The Morgan fingerprint density at radius 1 is 1.33 bits per heavy atom. The Bertz CT molecular complexity index is 615. The van der Waals surface area contributed by atoms with Crippen molar-refractivity contribution in [1.82, 2.24) is 9.55 Å². The standard InChI is InChI=1S/C15H18BrN3O2/c1-15(2,3)21-14(20)18-13-17-8-9-19(13)10-11-4-6-12(16)7-5-11/h4-9H,10H2,1-3H3,(H,17,18,20). The maximum Gasteiger partial charge on any atom is 0.414 e. The van der Waals surface area contributed by atoms with Gasteiger partial charge in [-0.25, -0.2) is 9.78 Å². The van der Waals surface area contributed by atoms with Gasteiger partial charge in [0.2, 0.25) is 5.95 Å². The Balaban J connectivity index is 2.05. The van der Waals surface area contributed by atoms with E-state index in [1.54, 1.807) is 6.20 Å². The number of nitrogens with one attached hydrogen (secondary N) is 1. The van der Waals surface area contributed by atoms with Gasteiger partial charge in [0.25, 0.3) is 0 Å². The quantitative estimate of drug-likeness (QED) is 0.907. The minimum atomic E-state index is -0.535. The van der Waals surface area contributed by atoms with Gasteiger partial charge in [-0.3, -0.25) is 5.32 Å². The molecule has 0 atom stereocenters. The summed E-state index contributed by atoms with van der Waals surface area (Å²) in [6.45, 7) is 6.08. The van der Waals surface area contributed by atoms with Gasteiger partial charge < -0.3 is 9.30 Å². The summed E-state index contributed by atoms with van der Waals surface area (Å²) in [5.74, 6) is 0.465. The number of ether oxygens (including phenoxy) is 1. The van der Waals surface area contributed by atoms with Crippen LogP contribution in [0.1, 0.15) is 26.3 Å². The van der Waals surface area contributed by atoms with Gasteiger partial charge in [-0.1, -0.05) is 28.1 Å². The lowest BCUT2D eigenvalue weighted by Crippen LogP contribution is -2.28. The average Bonchev–Trinajstić information content (AvgIpc) is 2.77. The van der Waals surface area contributed by atoms with Crippen LogP contribution in [-0.2, 0) is 11.3 Å². The van der Waals surface area contributed by atoms with Crippen molar-refractivity contribution in [2.45, 2.75) is 32.9 Å². The van der Waals surface area contributed by atoms with Crippen LogP contribution in [0.5, 0.6) is 0 Å². The molecule has 0 saturated carbocycles. The van der Waals surface area contributed by atoms with Crippen molar-refractivity contribution < 1.29 is 9.53 Å². The van der Waals surface area contributed by atoms with Crippen LogP contribution in [-0.4, -0.2) is 21.2 Å². The molecule has 1 N–H and O–H groups in total. The highest BCUT2D eigenvalue weighted by atomic mass is 79.9. The van der Waals surface area contributed by atoms with Crippen LogP contribution in [0.25, 0.3) is 0 Å². The van der Waals surface area contributed by atoms with E-state index in [1.807, 2.05) is 55.8 Å². The summed E-state index contributed by atoms with van der Waals surface area (Å²) in [4.78, 5) is 15.9. The predicted molar refractivity (Wildman–Crippen MR) is 85.3 cm³/mol. The number of anilines is 1. The molecule has 5 nitrogen and oxygen atoms in total. The molecule has 0 saturated heterocycles. The van der Waals surface area contributed by atoms with Crippen molar-refractivity contribution in [3.05, 3.63) is 46.7 Å². The highest BCUT2D eigenvalue weighted by molar-refractivity contribution is 9.10. The number of benzene rings is 1. The number of imidazole rings is 1. The van der Waals surface area contributed by atoms with Gasteiger partial charge >= 0.3 is 6.09 Å². The van der Waals surface area contributed by atoms with E-state index in [0.29, 0.717) is 12.5 Å². The SMILES string of the molecule is CC(C)(C)OC(=O)Nc1nccn1Cc1ccc(Br)cc1. The van der Waals surface area contributed by atoms with E-state index in [-0.39, 0.29) is 0 Å². The van der Waals surface area contributed by atoms with E-state index < -0.39 is 11.7 Å². The molecular formula is C15H18BrN3O2. The molecule has 21 heavy (non-hydrogen) atoms. The van der Waals surface area contributed by atoms with Crippen LogP contribution in [0.15, 0.2) is 41.1 Å². The fraction of sp³-hybridized carbons (Fsp3) is 0.333. The molecule has 6 heteroatoms. The fourth-order valence-corrected chi connectivity index (χ4v) is 2.01. The van der Waals surface area contributed by atoms with E-state index in [0.717, 1.165) is 10.0 Å². The Hall–Kier alpha value is -1.82. The van der Waals surface area contributed by atoms with Crippen molar-refractivity contribution in [3.8, 4) is 0 Å². The predicted octanol–water partition coefficient (Wildman–Crippen LogP) is 4.04. The summed E-state index contributed by atoms with van der Waals surface area (Å²) < 4.78 is 8.11. The lowest BCUT2D eigenvalue weighted by Gasteiger charge is -2.19. The number of hydrogen-bond acceptors (Lipinski definition) is 3. The van der Waals surface area contributed by atoms with Crippen LogP contribution in [0.4, 0.5) is 10.7 Å². The number of amides is 1. The van der Waals surface area contributed by atoms with Gasteiger partial charge in [-0.2, -0.15) is 0 Å². The van der Waals surface area contributed by atoms with Crippen molar-refractivity contribution in [1.29, 1.82) is 0 Å². The Morgan fingerprint density at radius 3 is 2.62 bits per heavy atom. The van der Waals surface area contributed by atoms with Gasteiger partial charge in [0, 0.05) is 16.9 Å². The molecule has 0 spiro atoms. The highest BCUT2D eigenvalue weighted by Crippen LogP contribution is 2.15. The van der Waals surface area contributed by atoms with E-state index >= 15 is 0 Å². The summed E-state index contributed by atoms with van der Waals surface area (Å²) in [6.07, 6.45) is 2.95. The Labute approximate surface area is 132 Å². The van der Waals surface area contributed by atoms with Crippen LogP contribution >= 0.6 is 15.9 Å². The number of rotatable bonds is 3. The summed E-state index contributed by atoms with van der Waals surface area (Å²) in [6, 6.07) is 7.99. The zero-order valence-electron chi connectivity index (χ0n) is 12.3. The highest BCUT2D eigenvalue weighted by Gasteiger charge is 2.17. The Morgan fingerprint density at radius 2 is 2.00 bits per heavy atom. The summed E-state index contributed by atoms with van der Waals surface area (Å²) in [5, 5.41) is 2.66. The molecule has 2 aromatic rings. The second kappa shape index (κ2) is 6.30. The van der Waals surface area contributed by atoms with Crippen LogP contribution in [0.2, 0.25) is 0 Å². The lowest BCUT2D eigenvalue weighted by atomic mass is 10.2. The van der Waals surface area contributed by atoms with Crippen LogP contribution < -0.4 is 5.32 Å². The maximum absolute atomic E-state index is 11.8. The smallest absolute Gasteiger partial charge is 0.414 e. The first-order valence-corrected chi connectivity index (χ1v) is 7.38. The topological polar surface area (TPSA) is 56.1 Å². The second-order valence-corrected chi connectivity index (χ2v) is 6.55. The van der Waals surface area contributed by atoms with Crippen molar-refractivity contribution in [3.63, 3.8) is 0 Å². The van der Waals surface area contributed by atoms with E-state index in [9.17, 15) is 4.79 Å². The summed E-state index contributed by atoms with van der Waals surface area (Å²) in [7, 11) is 0. The zero-order valence-corrected chi connectivity index (χ0v) is 13.8. The van der Waals surface area contributed by atoms with Crippen molar-refractivity contribution in [2.24, 2.45) is 0 Å². The van der Waals surface area contributed by atoms with Crippen LogP contribution in [0, 0.1) is 0 Å². The molecule has 0 aliphatic carbocycles. The van der Waals surface area contributed by atoms with Gasteiger partial charge in [0.05, 0.1) is 6.54 Å². The fourth-order valence-electron chi connectivity index (χ4n) is 1.74. The minimum absolute atomic E-state index is 0.465. The molecule has 0 unspecified atom stereocenters. The molecule has 0 fully saturated rings. The maximum atomic E-state index is 11.8.